The van der Waals surface area contributed by atoms with Gasteiger partial charge in [-0.25, -0.2) is 9.37 Å². The molecule has 3 heteroatoms. The van der Waals surface area contributed by atoms with E-state index in [0.29, 0.717) is 17.8 Å². The van der Waals surface area contributed by atoms with Crippen molar-refractivity contribution >= 4 is 5.82 Å². The van der Waals surface area contributed by atoms with E-state index in [1.54, 1.807) is 12.3 Å². The summed E-state index contributed by atoms with van der Waals surface area (Å²) in [5.74, 6) is 0.792. The summed E-state index contributed by atoms with van der Waals surface area (Å²) < 4.78 is 13.4. The van der Waals surface area contributed by atoms with Crippen molar-refractivity contribution in [2.24, 2.45) is 5.92 Å². The molecule has 1 aliphatic carbocycles. The molecule has 0 bridgehead atoms. The van der Waals surface area contributed by atoms with Crippen molar-refractivity contribution in [1.82, 2.24) is 4.98 Å². The standard InChI is InChI=1S/C13H19FN2/c1-10(11-6-3-2-4-7-11)16-13-12(14)8-5-9-15-13/h5,8-11H,2-4,6-7H2,1H3,(H,15,16). The molecule has 0 aliphatic heterocycles. The van der Waals surface area contributed by atoms with Crippen LogP contribution >= 0.6 is 0 Å². The van der Waals surface area contributed by atoms with Gasteiger partial charge in [0.1, 0.15) is 0 Å². The number of nitrogens with zero attached hydrogens (tertiary/aromatic N) is 1. The van der Waals surface area contributed by atoms with E-state index < -0.39 is 0 Å². The minimum Gasteiger partial charge on any atom is -0.365 e. The summed E-state index contributed by atoms with van der Waals surface area (Å²) in [5, 5.41) is 3.19. The average Bonchev–Trinajstić information content (AvgIpc) is 2.33. The Kier molecular flexibility index (Phi) is 3.75. The Morgan fingerprint density at radius 1 is 1.38 bits per heavy atom. The molecule has 1 heterocycles. The van der Waals surface area contributed by atoms with E-state index in [-0.39, 0.29) is 5.82 Å². The van der Waals surface area contributed by atoms with Gasteiger partial charge in [-0.05, 0) is 37.8 Å². The predicted octanol–water partition coefficient (Wildman–Crippen LogP) is 3.60. The van der Waals surface area contributed by atoms with E-state index >= 15 is 0 Å². The summed E-state index contributed by atoms with van der Waals surface area (Å²) in [6.45, 7) is 2.13. The fourth-order valence-corrected chi connectivity index (χ4v) is 2.46. The SMILES string of the molecule is CC(Nc1ncccc1F)C1CCCCC1. The number of hydrogen-bond acceptors (Lipinski definition) is 2. The third kappa shape index (κ3) is 2.71. The van der Waals surface area contributed by atoms with Gasteiger partial charge in [-0.1, -0.05) is 19.3 Å². The highest BCUT2D eigenvalue weighted by Gasteiger charge is 2.20. The van der Waals surface area contributed by atoms with Crippen molar-refractivity contribution in [3.8, 4) is 0 Å². The van der Waals surface area contributed by atoms with Crippen molar-refractivity contribution in [2.75, 3.05) is 5.32 Å². The largest absolute Gasteiger partial charge is 0.365 e. The van der Waals surface area contributed by atoms with Gasteiger partial charge in [0.05, 0.1) is 0 Å². The van der Waals surface area contributed by atoms with E-state index in [9.17, 15) is 4.39 Å². The van der Waals surface area contributed by atoms with Crippen LogP contribution in [0.25, 0.3) is 0 Å². The summed E-state index contributed by atoms with van der Waals surface area (Å²) in [6.07, 6.45) is 8.09. The molecule has 0 saturated heterocycles. The van der Waals surface area contributed by atoms with E-state index in [2.05, 4.69) is 17.2 Å². The van der Waals surface area contributed by atoms with Gasteiger partial charge in [-0.2, -0.15) is 0 Å². The Bertz CT molecular complexity index is 334. The van der Waals surface area contributed by atoms with Crippen LogP contribution in [0.2, 0.25) is 0 Å². The van der Waals surface area contributed by atoms with E-state index in [4.69, 9.17) is 0 Å². The molecule has 1 saturated carbocycles. The second-order valence-electron chi connectivity index (χ2n) is 4.66. The number of halogens is 1. The lowest BCUT2D eigenvalue weighted by Crippen LogP contribution is -2.28. The topological polar surface area (TPSA) is 24.9 Å². The molecule has 0 aromatic carbocycles. The molecule has 1 unspecified atom stereocenters. The number of rotatable bonds is 3. The molecule has 0 amide bonds. The minimum absolute atomic E-state index is 0.259. The van der Waals surface area contributed by atoms with Crippen LogP contribution in [0.15, 0.2) is 18.3 Å². The predicted molar refractivity (Wildman–Crippen MR) is 63.9 cm³/mol. The molecule has 1 aromatic rings. The first kappa shape index (κ1) is 11.4. The molecule has 1 atom stereocenters. The van der Waals surface area contributed by atoms with Crippen LogP contribution in [-0.2, 0) is 0 Å². The first-order valence-corrected chi connectivity index (χ1v) is 6.14. The second kappa shape index (κ2) is 5.28. The van der Waals surface area contributed by atoms with E-state index in [1.165, 1.54) is 38.2 Å². The smallest absolute Gasteiger partial charge is 0.165 e. The highest BCUT2D eigenvalue weighted by molar-refractivity contribution is 5.36. The molecule has 88 valence electrons. The minimum atomic E-state index is -0.259. The molecule has 1 aromatic heterocycles. The van der Waals surface area contributed by atoms with Gasteiger partial charge >= 0.3 is 0 Å². The molecule has 1 N–H and O–H groups in total. The van der Waals surface area contributed by atoms with Crippen LogP contribution in [0.3, 0.4) is 0 Å². The zero-order chi connectivity index (χ0) is 11.4. The van der Waals surface area contributed by atoms with Crippen LogP contribution in [0.1, 0.15) is 39.0 Å². The Labute approximate surface area is 96.3 Å². The van der Waals surface area contributed by atoms with E-state index in [1.807, 2.05) is 0 Å². The maximum Gasteiger partial charge on any atom is 0.165 e. The van der Waals surface area contributed by atoms with Crippen LogP contribution in [-0.4, -0.2) is 11.0 Å². The van der Waals surface area contributed by atoms with Gasteiger partial charge in [0.25, 0.3) is 0 Å². The second-order valence-corrected chi connectivity index (χ2v) is 4.66. The number of pyridine rings is 1. The van der Waals surface area contributed by atoms with Crippen molar-refractivity contribution in [3.05, 3.63) is 24.1 Å². The highest BCUT2D eigenvalue weighted by atomic mass is 19.1. The molecule has 1 aliphatic rings. The fraction of sp³-hybridized carbons (Fsp3) is 0.615. The maximum atomic E-state index is 13.4. The third-order valence-corrected chi connectivity index (χ3v) is 3.48. The van der Waals surface area contributed by atoms with Gasteiger partial charge < -0.3 is 5.32 Å². The molecule has 1 fully saturated rings. The number of hydrogen-bond donors (Lipinski definition) is 1. The lowest BCUT2D eigenvalue weighted by Gasteiger charge is -2.28. The van der Waals surface area contributed by atoms with Crippen molar-refractivity contribution < 1.29 is 4.39 Å². The summed E-state index contributed by atoms with van der Waals surface area (Å²) in [5.41, 5.74) is 0. The number of anilines is 1. The summed E-state index contributed by atoms with van der Waals surface area (Å²) in [6, 6.07) is 3.37. The fourth-order valence-electron chi connectivity index (χ4n) is 2.46. The number of aromatic nitrogens is 1. The van der Waals surface area contributed by atoms with E-state index in [0.717, 1.165) is 0 Å². The Morgan fingerprint density at radius 3 is 2.81 bits per heavy atom. The number of nitrogens with one attached hydrogen (secondary N) is 1. The molecule has 0 spiro atoms. The van der Waals surface area contributed by atoms with Gasteiger partial charge in [0, 0.05) is 12.2 Å². The summed E-state index contributed by atoms with van der Waals surface area (Å²) in [7, 11) is 0. The molecular formula is C13H19FN2. The Balaban J connectivity index is 1.96. The Hall–Kier alpha value is -1.12. The summed E-state index contributed by atoms with van der Waals surface area (Å²) in [4.78, 5) is 4.03. The van der Waals surface area contributed by atoms with Crippen molar-refractivity contribution in [3.63, 3.8) is 0 Å². The molecule has 0 radical (unpaired) electrons. The highest BCUT2D eigenvalue weighted by Crippen LogP contribution is 2.28. The van der Waals surface area contributed by atoms with Crippen LogP contribution in [0.4, 0.5) is 10.2 Å². The van der Waals surface area contributed by atoms with Gasteiger partial charge in [0.15, 0.2) is 11.6 Å². The Morgan fingerprint density at radius 2 is 2.12 bits per heavy atom. The molecule has 16 heavy (non-hydrogen) atoms. The normalized spacial score (nSPS) is 19.4. The zero-order valence-corrected chi connectivity index (χ0v) is 9.75. The monoisotopic (exact) mass is 222 g/mol. The molecular weight excluding hydrogens is 203 g/mol. The van der Waals surface area contributed by atoms with Crippen molar-refractivity contribution in [1.29, 1.82) is 0 Å². The van der Waals surface area contributed by atoms with Crippen LogP contribution < -0.4 is 5.32 Å². The third-order valence-electron chi connectivity index (χ3n) is 3.48. The summed E-state index contributed by atoms with van der Waals surface area (Å²) >= 11 is 0. The van der Waals surface area contributed by atoms with Crippen LogP contribution in [0, 0.1) is 11.7 Å². The van der Waals surface area contributed by atoms with Crippen LogP contribution in [0.5, 0.6) is 0 Å². The lowest BCUT2D eigenvalue weighted by atomic mass is 9.84. The first-order valence-electron chi connectivity index (χ1n) is 6.14. The van der Waals surface area contributed by atoms with Gasteiger partial charge in [-0.3, -0.25) is 0 Å². The molecule has 2 nitrogen and oxygen atoms in total. The first-order chi connectivity index (χ1) is 7.77. The average molecular weight is 222 g/mol. The zero-order valence-electron chi connectivity index (χ0n) is 9.75. The van der Waals surface area contributed by atoms with Crippen molar-refractivity contribution in [2.45, 2.75) is 45.1 Å². The van der Waals surface area contributed by atoms with Gasteiger partial charge in [0.2, 0.25) is 0 Å². The van der Waals surface area contributed by atoms with Gasteiger partial charge in [-0.15, -0.1) is 0 Å². The maximum absolute atomic E-state index is 13.4. The lowest BCUT2D eigenvalue weighted by molar-refractivity contribution is 0.327. The molecule has 2 rings (SSSR count). The quantitative estimate of drug-likeness (QED) is 0.845.